The highest BCUT2D eigenvalue weighted by Gasteiger charge is 2.22. The first kappa shape index (κ1) is 14.2. The molecule has 0 spiro atoms. The standard InChI is InChI=1S/C12H14N2O3S2/c1-8(2)6-17-10(15)7-19(16)12-14-9-4-3-5-13-11(9)18-12/h3-5,8H,6-7H2,1-2H3. The molecular weight excluding hydrogens is 284 g/mol. The number of hydrogen-bond acceptors (Lipinski definition) is 6. The van der Waals surface area contributed by atoms with Crippen LogP contribution in [0.3, 0.4) is 0 Å². The van der Waals surface area contributed by atoms with Crippen LogP contribution in [-0.4, -0.2) is 32.8 Å². The highest BCUT2D eigenvalue weighted by Crippen LogP contribution is 2.24. The van der Waals surface area contributed by atoms with E-state index >= 15 is 0 Å². The average molecular weight is 298 g/mol. The summed E-state index contributed by atoms with van der Waals surface area (Å²) in [5, 5.41) is 0. The minimum absolute atomic E-state index is 0.160. The van der Waals surface area contributed by atoms with E-state index in [1.807, 2.05) is 13.8 Å². The SMILES string of the molecule is CC(C)COC(=O)C[S+]([O-])c1nc2cccnc2s1. The lowest BCUT2D eigenvalue weighted by atomic mass is 10.2. The number of hydrogen-bond donors (Lipinski definition) is 0. The largest absolute Gasteiger partial charge is 0.609 e. The predicted molar refractivity (Wildman–Crippen MR) is 74.5 cm³/mol. The fourth-order valence-corrected chi connectivity index (χ4v) is 3.36. The van der Waals surface area contributed by atoms with Gasteiger partial charge in [-0.1, -0.05) is 13.8 Å². The Labute approximate surface area is 118 Å². The first-order valence-corrected chi connectivity index (χ1v) is 7.95. The molecule has 102 valence electrons. The van der Waals surface area contributed by atoms with Gasteiger partial charge in [0.2, 0.25) is 5.75 Å². The number of pyridine rings is 1. The normalized spacial score (nSPS) is 12.8. The summed E-state index contributed by atoms with van der Waals surface area (Å²) in [6.07, 6.45) is 1.66. The molecule has 1 unspecified atom stereocenters. The second-order valence-corrected chi connectivity index (χ2v) is 6.98. The maximum absolute atomic E-state index is 12.0. The first-order chi connectivity index (χ1) is 9.06. The van der Waals surface area contributed by atoms with Gasteiger partial charge in [-0.3, -0.25) is 0 Å². The van der Waals surface area contributed by atoms with Gasteiger partial charge in [-0.05, 0) is 29.4 Å². The number of carbonyl (C=O) groups excluding carboxylic acids is 1. The number of aromatic nitrogens is 2. The van der Waals surface area contributed by atoms with E-state index in [-0.39, 0.29) is 11.7 Å². The molecule has 2 aromatic rings. The van der Waals surface area contributed by atoms with Crippen molar-refractivity contribution in [3.05, 3.63) is 18.3 Å². The summed E-state index contributed by atoms with van der Waals surface area (Å²) in [6, 6.07) is 3.57. The van der Waals surface area contributed by atoms with Gasteiger partial charge in [0.05, 0.1) is 6.61 Å². The van der Waals surface area contributed by atoms with Gasteiger partial charge in [-0.15, -0.1) is 0 Å². The molecule has 5 nitrogen and oxygen atoms in total. The van der Waals surface area contributed by atoms with Crippen LogP contribution in [0.2, 0.25) is 0 Å². The minimum atomic E-state index is -1.47. The van der Waals surface area contributed by atoms with Crippen molar-refractivity contribution in [2.75, 3.05) is 12.4 Å². The van der Waals surface area contributed by atoms with Gasteiger partial charge in [-0.25, -0.2) is 9.78 Å². The molecule has 0 saturated carbocycles. The monoisotopic (exact) mass is 298 g/mol. The number of rotatable bonds is 5. The van der Waals surface area contributed by atoms with Gasteiger partial charge >= 0.3 is 10.3 Å². The molecule has 0 N–H and O–H groups in total. The highest BCUT2D eigenvalue weighted by atomic mass is 32.2. The van der Waals surface area contributed by atoms with Gasteiger partial charge in [0.1, 0.15) is 10.3 Å². The Balaban J connectivity index is 1.99. The fourth-order valence-electron chi connectivity index (χ4n) is 1.32. The third-order valence-corrected chi connectivity index (χ3v) is 4.73. The van der Waals surface area contributed by atoms with E-state index in [1.165, 1.54) is 11.3 Å². The number of ether oxygens (including phenoxy) is 1. The summed E-state index contributed by atoms with van der Waals surface area (Å²) in [5.41, 5.74) is 0.700. The van der Waals surface area contributed by atoms with Crippen molar-refractivity contribution < 1.29 is 14.1 Å². The molecule has 2 aromatic heterocycles. The summed E-state index contributed by atoms with van der Waals surface area (Å²) in [5.74, 6) is -0.352. The van der Waals surface area contributed by atoms with Crippen molar-refractivity contribution in [1.82, 2.24) is 9.97 Å². The molecule has 0 fully saturated rings. The maximum Gasteiger partial charge on any atom is 0.356 e. The smallest absolute Gasteiger partial charge is 0.356 e. The van der Waals surface area contributed by atoms with Crippen LogP contribution < -0.4 is 0 Å². The second-order valence-electron chi connectivity index (χ2n) is 4.37. The van der Waals surface area contributed by atoms with Crippen LogP contribution in [0.15, 0.2) is 22.7 Å². The summed E-state index contributed by atoms with van der Waals surface area (Å²) in [7, 11) is 0. The lowest BCUT2D eigenvalue weighted by Gasteiger charge is -2.08. The van der Waals surface area contributed by atoms with Crippen LogP contribution >= 0.6 is 11.3 Å². The van der Waals surface area contributed by atoms with Gasteiger partial charge in [0.25, 0.3) is 0 Å². The van der Waals surface area contributed by atoms with Crippen LogP contribution in [0.5, 0.6) is 0 Å². The fraction of sp³-hybridized carbons (Fsp3) is 0.417. The highest BCUT2D eigenvalue weighted by molar-refractivity contribution is 7.94. The van der Waals surface area contributed by atoms with Gasteiger partial charge in [0, 0.05) is 17.4 Å². The van der Waals surface area contributed by atoms with Gasteiger partial charge in [-0.2, -0.15) is 4.98 Å². The zero-order chi connectivity index (χ0) is 13.8. The Morgan fingerprint density at radius 2 is 2.37 bits per heavy atom. The Hall–Kier alpha value is -1.18. The van der Waals surface area contributed by atoms with Gasteiger partial charge < -0.3 is 9.29 Å². The van der Waals surface area contributed by atoms with Crippen molar-refractivity contribution in [1.29, 1.82) is 0 Å². The lowest BCUT2D eigenvalue weighted by Crippen LogP contribution is -2.20. The second kappa shape index (κ2) is 6.31. The van der Waals surface area contributed by atoms with Crippen LogP contribution in [0.4, 0.5) is 0 Å². The predicted octanol–water partition coefficient (Wildman–Crippen LogP) is 2.00. The van der Waals surface area contributed by atoms with Crippen molar-refractivity contribution in [3.8, 4) is 0 Å². The van der Waals surface area contributed by atoms with Crippen LogP contribution in [0.1, 0.15) is 13.8 Å². The third-order valence-electron chi connectivity index (χ3n) is 2.17. The molecule has 0 aliphatic carbocycles. The Kier molecular flexibility index (Phi) is 4.73. The van der Waals surface area contributed by atoms with Crippen molar-refractivity contribution >= 4 is 38.8 Å². The minimum Gasteiger partial charge on any atom is -0.609 e. The molecular formula is C12H14N2O3S2. The Bertz CT molecular complexity index is 538. The summed E-state index contributed by atoms with van der Waals surface area (Å²) in [6.45, 7) is 4.24. The Morgan fingerprint density at radius 1 is 1.58 bits per heavy atom. The number of fused-ring (bicyclic) bond motifs is 1. The van der Waals surface area contributed by atoms with Crippen molar-refractivity contribution in [2.45, 2.75) is 18.2 Å². The topological polar surface area (TPSA) is 75.1 Å². The molecule has 0 amide bonds. The molecule has 0 bridgehead atoms. The van der Waals surface area contributed by atoms with E-state index in [9.17, 15) is 9.35 Å². The third kappa shape index (κ3) is 3.89. The molecule has 0 aromatic carbocycles. The van der Waals surface area contributed by atoms with E-state index in [1.54, 1.807) is 18.3 Å². The molecule has 7 heteroatoms. The lowest BCUT2D eigenvalue weighted by molar-refractivity contribution is -0.141. The summed E-state index contributed by atoms with van der Waals surface area (Å²) >= 11 is -0.226. The molecule has 0 aliphatic heterocycles. The Morgan fingerprint density at radius 3 is 3.05 bits per heavy atom. The number of esters is 1. The van der Waals surface area contributed by atoms with Crippen LogP contribution in [-0.2, 0) is 20.7 Å². The van der Waals surface area contributed by atoms with E-state index in [0.717, 1.165) is 4.83 Å². The molecule has 0 saturated heterocycles. The van der Waals surface area contributed by atoms with Crippen molar-refractivity contribution in [3.63, 3.8) is 0 Å². The zero-order valence-corrected chi connectivity index (χ0v) is 12.3. The maximum atomic E-state index is 12.0. The number of carbonyl (C=O) groups is 1. The van der Waals surface area contributed by atoms with Gasteiger partial charge in [0.15, 0.2) is 0 Å². The quantitative estimate of drug-likeness (QED) is 0.623. The van der Waals surface area contributed by atoms with Crippen molar-refractivity contribution in [2.24, 2.45) is 5.92 Å². The summed E-state index contributed by atoms with van der Waals surface area (Å²) in [4.78, 5) is 20.6. The molecule has 2 heterocycles. The average Bonchev–Trinajstić information content (AvgIpc) is 2.80. The van der Waals surface area contributed by atoms with E-state index < -0.39 is 17.1 Å². The van der Waals surface area contributed by atoms with E-state index in [0.29, 0.717) is 16.5 Å². The molecule has 0 aliphatic rings. The number of thiazole rings is 1. The molecule has 19 heavy (non-hydrogen) atoms. The first-order valence-electron chi connectivity index (χ1n) is 5.82. The molecule has 2 rings (SSSR count). The van der Waals surface area contributed by atoms with E-state index in [4.69, 9.17) is 4.74 Å². The zero-order valence-electron chi connectivity index (χ0n) is 10.7. The molecule has 0 radical (unpaired) electrons. The van der Waals surface area contributed by atoms with Crippen LogP contribution in [0, 0.1) is 5.92 Å². The number of nitrogens with zero attached hydrogens (tertiary/aromatic N) is 2. The molecule has 1 atom stereocenters. The van der Waals surface area contributed by atoms with Crippen LogP contribution in [0.25, 0.3) is 10.3 Å². The van der Waals surface area contributed by atoms with E-state index in [2.05, 4.69) is 9.97 Å². The summed E-state index contributed by atoms with van der Waals surface area (Å²) < 4.78 is 17.4.